The Hall–Kier alpha value is -1.16. The molecule has 0 heterocycles. The normalized spacial score (nSPS) is 26.6. The zero-order valence-electron chi connectivity index (χ0n) is 8.72. The molecule has 0 saturated carbocycles. The molecule has 0 aromatic rings. The van der Waals surface area contributed by atoms with E-state index in [1.54, 1.807) is 0 Å². The van der Waals surface area contributed by atoms with E-state index in [0.717, 1.165) is 5.57 Å². The second kappa shape index (κ2) is 3.53. The average molecular weight is 197 g/mol. The summed E-state index contributed by atoms with van der Waals surface area (Å²) in [6.07, 6.45) is 0.704. The van der Waals surface area contributed by atoms with Gasteiger partial charge in [0, 0.05) is 6.42 Å². The maximum atomic E-state index is 11.4. The highest BCUT2D eigenvalue weighted by Gasteiger charge is 2.42. The molecule has 2 N–H and O–H groups in total. The van der Waals surface area contributed by atoms with Crippen molar-refractivity contribution in [1.29, 1.82) is 0 Å². The lowest BCUT2D eigenvalue weighted by molar-refractivity contribution is -0.146. The predicted octanol–water partition coefficient (Wildman–Crippen LogP) is 0.556. The molecule has 0 saturated heterocycles. The zero-order valence-corrected chi connectivity index (χ0v) is 8.72. The molecule has 14 heavy (non-hydrogen) atoms. The highest BCUT2D eigenvalue weighted by Crippen LogP contribution is 2.34. The highest BCUT2D eigenvalue weighted by molar-refractivity contribution is 5.97. The molecular formula is C10H15NO3. The van der Waals surface area contributed by atoms with Gasteiger partial charge in [-0.25, -0.2) is 0 Å². The smallest absolute Gasteiger partial charge is 0.326 e. The van der Waals surface area contributed by atoms with Crippen molar-refractivity contribution in [1.82, 2.24) is 0 Å². The minimum Gasteiger partial charge on any atom is -0.468 e. The van der Waals surface area contributed by atoms with E-state index in [4.69, 9.17) is 5.73 Å². The van der Waals surface area contributed by atoms with Gasteiger partial charge in [-0.05, 0) is 25.8 Å². The summed E-state index contributed by atoms with van der Waals surface area (Å²) < 4.78 is 4.61. The molecule has 1 aliphatic carbocycles. The van der Waals surface area contributed by atoms with Crippen LogP contribution in [-0.2, 0) is 14.3 Å². The SMILES string of the molecule is COC(=O)C1(N)CC(C)=C(C(C)=O)C1. The highest BCUT2D eigenvalue weighted by atomic mass is 16.5. The van der Waals surface area contributed by atoms with Crippen LogP contribution >= 0.6 is 0 Å². The van der Waals surface area contributed by atoms with Crippen LogP contribution < -0.4 is 5.73 Å². The van der Waals surface area contributed by atoms with E-state index in [2.05, 4.69) is 4.74 Å². The van der Waals surface area contributed by atoms with E-state index < -0.39 is 11.5 Å². The third-order valence-electron chi connectivity index (χ3n) is 2.60. The molecule has 0 amide bonds. The van der Waals surface area contributed by atoms with Gasteiger partial charge in [-0.3, -0.25) is 9.59 Å². The van der Waals surface area contributed by atoms with Gasteiger partial charge in [0.15, 0.2) is 5.78 Å². The molecule has 0 aliphatic heterocycles. The van der Waals surface area contributed by atoms with Crippen LogP contribution in [0.5, 0.6) is 0 Å². The fourth-order valence-corrected chi connectivity index (χ4v) is 1.88. The fraction of sp³-hybridized carbons (Fsp3) is 0.600. The van der Waals surface area contributed by atoms with Crippen LogP contribution in [0.3, 0.4) is 0 Å². The first-order chi connectivity index (χ1) is 6.40. The monoisotopic (exact) mass is 197 g/mol. The lowest BCUT2D eigenvalue weighted by Gasteiger charge is -2.20. The van der Waals surface area contributed by atoms with Crippen molar-refractivity contribution < 1.29 is 14.3 Å². The standard InChI is InChI=1S/C10H15NO3/c1-6-4-10(11,9(13)14-3)5-8(6)7(2)12/h4-5,11H2,1-3H3. The Morgan fingerprint density at radius 3 is 2.36 bits per heavy atom. The lowest BCUT2D eigenvalue weighted by Crippen LogP contribution is -2.47. The Morgan fingerprint density at radius 1 is 1.43 bits per heavy atom. The number of nitrogens with two attached hydrogens (primary N) is 1. The second-order valence-electron chi connectivity index (χ2n) is 3.82. The number of hydrogen-bond donors (Lipinski definition) is 1. The minimum absolute atomic E-state index is 0.0151. The molecule has 4 heteroatoms. The molecule has 1 rings (SSSR count). The Balaban J connectivity index is 2.88. The minimum atomic E-state index is -1.03. The third kappa shape index (κ3) is 1.70. The molecule has 78 valence electrons. The Kier molecular flexibility index (Phi) is 2.76. The van der Waals surface area contributed by atoms with E-state index in [-0.39, 0.29) is 5.78 Å². The predicted molar refractivity (Wildman–Crippen MR) is 51.5 cm³/mol. The van der Waals surface area contributed by atoms with E-state index >= 15 is 0 Å². The first-order valence-corrected chi connectivity index (χ1v) is 4.47. The van der Waals surface area contributed by atoms with Crippen molar-refractivity contribution in [2.75, 3.05) is 7.11 Å². The van der Waals surface area contributed by atoms with Crippen LogP contribution in [0, 0.1) is 0 Å². The number of methoxy groups -OCH3 is 1. The molecule has 1 unspecified atom stereocenters. The molecular weight excluding hydrogens is 182 g/mol. The van der Waals surface area contributed by atoms with Crippen LogP contribution in [0.2, 0.25) is 0 Å². The summed E-state index contributed by atoms with van der Waals surface area (Å²) in [5, 5.41) is 0. The quantitative estimate of drug-likeness (QED) is 0.656. The van der Waals surface area contributed by atoms with Crippen molar-refractivity contribution in [2.45, 2.75) is 32.2 Å². The summed E-state index contributed by atoms with van der Waals surface area (Å²) in [7, 11) is 1.30. The molecule has 4 nitrogen and oxygen atoms in total. The van der Waals surface area contributed by atoms with Gasteiger partial charge in [0.25, 0.3) is 0 Å². The van der Waals surface area contributed by atoms with Gasteiger partial charge >= 0.3 is 5.97 Å². The maximum absolute atomic E-state index is 11.4. The van der Waals surface area contributed by atoms with Gasteiger partial charge < -0.3 is 10.5 Å². The first kappa shape index (κ1) is 10.9. The number of esters is 1. The van der Waals surface area contributed by atoms with Gasteiger partial charge in [-0.15, -0.1) is 0 Å². The Bertz CT molecular complexity index is 319. The maximum Gasteiger partial charge on any atom is 0.326 e. The van der Waals surface area contributed by atoms with E-state index in [9.17, 15) is 9.59 Å². The van der Waals surface area contributed by atoms with E-state index in [1.807, 2.05) is 6.92 Å². The number of rotatable bonds is 2. The summed E-state index contributed by atoms with van der Waals surface area (Å²) in [4.78, 5) is 22.6. The van der Waals surface area contributed by atoms with Gasteiger partial charge in [-0.1, -0.05) is 5.57 Å². The number of Topliss-reactive ketones (excluding diaryl/α,β-unsaturated/α-hetero) is 1. The number of carbonyl (C=O) groups is 2. The molecule has 0 aromatic carbocycles. The van der Waals surface area contributed by atoms with Gasteiger partial charge in [-0.2, -0.15) is 0 Å². The van der Waals surface area contributed by atoms with Crippen LogP contribution in [0.15, 0.2) is 11.1 Å². The van der Waals surface area contributed by atoms with E-state index in [1.165, 1.54) is 14.0 Å². The molecule has 0 bridgehead atoms. The van der Waals surface area contributed by atoms with Crippen LogP contribution in [-0.4, -0.2) is 24.4 Å². The molecule has 0 fully saturated rings. The van der Waals surface area contributed by atoms with Crippen LogP contribution in [0.25, 0.3) is 0 Å². The van der Waals surface area contributed by atoms with Crippen molar-refractivity contribution in [3.8, 4) is 0 Å². The topological polar surface area (TPSA) is 69.4 Å². The molecule has 0 spiro atoms. The van der Waals surface area contributed by atoms with Crippen molar-refractivity contribution >= 4 is 11.8 Å². The Labute approximate surface area is 83.1 Å². The molecule has 0 radical (unpaired) electrons. The fourth-order valence-electron chi connectivity index (χ4n) is 1.88. The summed E-state index contributed by atoms with van der Waals surface area (Å²) in [6.45, 7) is 3.32. The summed E-state index contributed by atoms with van der Waals surface area (Å²) in [5.74, 6) is -0.466. The van der Waals surface area contributed by atoms with Gasteiger partial charge in [0.05, 0.1) is 7.11 Å². The van der Waals surface area contributed by atoms with Crippen molar-refractivity contribution in [3.05, 3.63) is 11.1 Å². The summed E-state index contributed by atoms with van der Waals surface area (Å²) >= 11 is 0. The molecule has 1 atom stereocenters. The van der Waals surface area contributed by atoms with Gasteiger partial charge in [0.2, 0.25) is 0 Å². The van der Waals surface area contributed by atoms with Crippen molar-refractivity contribution in [2.24, 2.45) is 5.73 Å². The summed E-state index contributed by atoms with van der Waals surface area (Å²) in [5.41, 5.74) is 6.39. The third-order valence-corrected chi connectivity index (χ3v) is 2.60. The average Bonchev–Trinajstić information content (AvgIpc) is 2.42. The molecule has 0 aromatic heterocycles. The number of carbonyl (C=O) groups excluding carboxylic acids is 2. The Morgan fingerprint density at radius 2 is 2.00 bits per heavy atom. The molecule has 1 aliphatic rings. The lowest BCUT2D eigenvalue weighted by atomic mass is 9.95. The van der Waals surface area contributed by atoms with Crippen LogP contribution in [0.4, 0.5) is 0 Å². The number of ether oxygens (including phenoxy) is 1. The van der Waals surface area contributed by atoms with Crippen molar-refractivity contribution in [3.63, 3.8) is 0 Å². The zero-order chi connectivity index (χ0) is 10.9. The van der Waals surface area contributed by atoms with Gasteiger partial charge in [0.1, 0.15) is 5.54 Å². The number of ketones is 1. The van der Waals surface area contributed by atoms with Crippen LogP contribution in [0.1, 0.15) is 26.7 Å². The largest absolute Gasteiger partial charge is 0.468 e. The second-order valence-corrected chi connectivity index (χ2v) is 3.82. The first-order valence-electron chi connectivity index (χ1n) is 4.47. The number of hydrogen-bond acceptors (Lipinski definition) is 4. The summed E-state index contributed by atoms with van der Waals surface area (Å²) in [6, 6.07) is 0. The van der Waals surface area contributed by atoms with E-state index in [0.29, 0.717) is 18.4 Å².